The summed E-state index contributed by atoms with van der Waals surface area (Å²) in [5, 5.41) is 3.60. The van der Waals surface area contributed by atoms with Crippen molar-refractivity contribution in [3.63, 3.8) is 0 Å². The van der Waals surface area contributed by atoms with Gasteiger partial charge in [-0.15, -0.1) is 0 Å². The highest BCUT2D eigenvalue weighted by atomic mass is 32.2. The second-order valence-electron chi connectivity index (χ2n) is 5.46. The van der Waals surface area contributed by atoms with Crippen molar-refractivity contribution >= 4 is 23.4 Å². The van der Waals surface area contributed by atoms with Crippen LogP contribution in [0.3, 0.4) is 0 Å². The molecule has 1 aromatic heterocycles. The van der Waals surface area contributed by atoms with Crippen LogP contribution in [0.1, 0.15) is 28.1 Å². The first-order chi connectivity index (χ1) is 10.4. The Balaban J connectivity index is 2.00. The summed E-state index contributed by atoms with van der Waals surface area (Å²) >= 11 is 1.36. The number of thioether (sulfide) groups is 1. The van der Waals surface area contributed by atoms with Gasteiger partial charge in [0.1, 0.15) is 0 Å². The Morgan fingerprint density at radius 2 is 1.73 bits per heavy atom. The summed E-state index contributed by atoms with van der Waals surface area (Å²) in [4.78, 5) is 20.9. The van der Waals surface area contributed by atoms with Gasteiger partial charge >= 0.3 is 0 Å². The maximum absolute atomic E-state index is 12.1. The molecule has 22 heavy (non-hydrogen) atoms. The molecule has 0 saturated carbocycles. The van der Waals surface area contributed by atoms with E-state index in [1.165, 1.54) is 11.8 Å². The predicted octanol–water partition coefficient (Wildman–Crippen LogP) is 3.75. The molecule has 1 aromatic carbocycles. The van der Waals surface area contributed by atoms with Gasteiger partial charge < -0.3 is 5.32 Å². The summed E-state index contributed by atoms with van der Waals surface area (Å²) in [5.41, 5.74) is 6.07. The highest BCUT2D eigenvalue weighted by molar-refractivity contribution is 7.99. The van der Waals surface area contributed by atoms with Crippen molar-refractivity contribution < 1.29 is 4.79 Å². The molecular weight excluding hydrogens is 294 g/mol. The fourth-order valence-electron chi connectivity index (χ4n) is 1.99. The summed E-state index contributed by atoms with van der Waals surface area (Å²) in [7, 11) is 0. The van der Waals surface area contributed by atoms with Crippen LogP contribution < -0.4 is 5.32 Å². The lowest BCUT2D eigenvalue weighted by Crippen LogP contribution is -2.15. The Labute approximate surface area is 135 Å². The van der Waals surface area contributed by atoms with Gasteiger partial charge in [0.15, 0.2) is 5.16 Å². The van der Waals surface area contributed by atoms with Crippen LogP contribution in [-0.4, -0.2) is 21.6 Å². The Morgan fingerprint density at radius 3 is 2.36 bits per heavy atom. The van der Waals surface area contributed by atoms with Crippen LogP contribution in [0.15, 0.2) is 23.4 Å². The van der Waals surface area contributed by atoms with E-state index in [4.69, 9.17) is 0 Å². The van der Waals surface area contributed by atoms with Crippen LogP contribution in [-0.2, 0) is 4.79 Å². The second kappa shape index (κ2) is 6.92. The molecule has 0 aliphatic heterocycles. The normalized spacial score (nSPS) is 10.6. The molecule has 0 bridgehead atoms. The second-order valence-corrected chi connectivity index (χ2v) is 6.40. The Bertz CT molecular complexity index is 690. The largest absolute Gasteiger partial charge is 0.325 e. The van der Waals surface area contributed by atoms with E-state index in [9.17, 15) is 4.79 Å². The highest BCUT2D eigenvalue weighted by Gasteiger charge is 2.09. The van der Waals surface area contributed by atoms with E-state index in [1.54, 1.807) is 0 Å². The van der Waals surface area contributed by atoms with Crippen LogP contribution in [0, 0.1) is 34.6 Å². The molecule has 116 valence electrons. The van der Waals surface area contributed by atoms with Crippen LogP contribution in [0.25, 0.3) is 0 Å². The number of aryl methyl sites for hydroxylation is 4. The van der Waals surface area contributed by atoms with Gasteiger partial charge in [-0.1, -0.05) is 23.9 Å². The fourth-order valence-corrected chi connectivity index (χ4v) is 2.73. The first-order valence-corrected chi connectivity index (χ1v) is 8.17. The molecule has 0 aliphatic rings. The average Bonchev–Trinajstić information content (AvgIpc) is 2.46. The molecule has 1 N–H and O–H groups in total. The zero-order valence-corrected chi connectivity index (χ0v) is 14.5. The molecule has 4 nitrogen and oxygen atoms in total. The lowest BCUT2D eigenvalue weighted by atomic mass is 10.1. The summed E-state index contributed by atoms with van der Waals surface area (Å²) in [5.74, 6) is 0.258. The molecule has 0 unspecified atom stereocenters. The number of amides is 1. The molecule has 0 atom stereocenters. The average molecular weight is 315 g/mol. The van der Waals surface area contributed by atoms with E-state index < -0.39 is 0 Å². The van der Waals surface area contributed by atoms with Crippen molar-refractivity contribution in [1.29, 1.82) is 0 Å². The predicted molar refractivity (Wildman–Crippen MR) is 91.5 cm³/mol. The number of benzene rings is 1. The summed E-state index contributed by atoms with van der Waals surface area (Å²) in [6.45, 7) is 9.92. The molecule has 2 rings (SSSR count). The maximum atomic E-state index is 12.1. The number of rotatable bonds is 4. The minimum absolute atomic E-state index is 0.0434. The van der Waals surface area contributed by atoms with Crippen molar-refractivity contribution in [2.75, 3.05) is 11.1 Å². The van der Waals surface area contributed by atoms with Gasteiger partial charge in [0.25, 0.3) is 0 Å². The standard InChI is InChI=1S/C17H21N3OS/c1-10-6-7-11(2)15(8-10)20-16(21)9-22-17-18-13(4)12(3)14(5)19-17/h6-8H,9H2,1-5H3,(H,20,21). The van der Waals surface area contributed by atoms with Gasteiger partial charge in [-0.25, -0.2) is 9.97 Å². The van der Waals surface area contributed by atoms with E-state index in [0.717, 1.165) is 33.8 Å². The third kappa shape index (κ3) is 4.07. The minimum Gasteiger partial charge on any atom is -0.325 e. The smallest absolute Gasteiger partial charge is 0.234 e. The summed E-state index contributed by atoms with van der Waals surface area (Å²) in [6.07, 6.45) is 0. The molecule has 0 spiro atoms. The maximum Gasteiger partial charge on any atom is 0.234 e. The third-order valence-electron chi connectivity index (χ3n) is 3.61. The number of nitrogens with one attached hydrogen (secondary N) is 1. The lowest BCUT2D eigenvalue weighted by molar-refractivity contribution is -0.113. The van der Waals surface area contributed by atoms with E-state index >= 15 is 0 Å². The van der Waals surface area contributed by atoms with Crippen molar-refractivity contribution in [3.8, 4) is 0 Å². The van der Waals surface area contributed by atoms with E-state index in [1.807, 2.05) is 52.8 Å². The number of aromatic nitrogens is 2. The molecule has 1 heterocycles. The first kappa shape index (κ1) is 16.5. The van der Waals surface area contributed by atoms with Crippen molar-refractivity contribution in [2.45, 2.75) is 39.8 Å². The summed E-state index contributed by atoms with van der Waals surface area (Å²) < 4.78 is 0. The first-order valence-electron chi connectivity index (χ1n) is 7.18. The number of anilines is 1. The molecule has 5 heteroatoms. The molecule has 0 aliphatic carbocycles. The molecule has 0 saturated heterocycles. The van der Waals surface area contributed by atoms with E-state index in [-0.39, 0.29) is 5.91 Å². The Hall–Kier alpha value is -1.88. The lowest BCUT2D eigenvalue weighted by Gasteiger charge is -2.10. The molecular formula is C17H21N3OS. The fraction of sp³-hybridized carbons (Fsp3) is 0.353. The van der Waals surface area contributed by atoms with E-state index in [0.29, 0.717) is 10.9 Å². The minimum atomic E-state index is -0.0434. The van der Waals surface area contributed by atoms with Gasteiger partial charge in [0.2, 0.25) is 5.91 Å². The number of carbonyl (C=O) groups excluding carboxylic acids is 1. The van der Waals surface area contributed by atoms with Crippen LogP contribution in [0.2, 0.25) is 0 Å². The van der Waals surface area contributed by atoms with Gasteiger partial charge in [-0.05, 0) is 57.4 Å². The van der Waals surface area contributed by atoms with Gasteiger partial charge in [0.05, 0.1) is 5.75 Å². The van der Waals surface area contributed by atoms with Gasteiger partial charge in [-0.2, -0.15) is 0 Å². The number of hydrogen-bond donors (Lipinski definition) is 1. The molecule has 1 amide bonds. The monoisotopic (exact) mass is 315 g/mol. The number of hydrogen-bond acceptors (Lipinski definition) is 4. The van der Waals surface area contributed by atoms with Gasteiger partial charge in [0, 0.05) is 17.1 Å². The summed E-state index contributed by atoms with van der Waals surface area (Å²) in [6, 6.07) is 6.02. The topological polar surface area (TPSA) is 54.9 Å². The molecule has 2 aromatic rings. The Morgan fingerprint density at radius 1 is 1.09 bits per heavy atom. The quantitative estimate of drug-likeness (QED) is 0.689. The Kier molecular flexibility index (Phi) is 5.19. The van der Waals surface area contributed by atoms with Crippen LogP contribution >= 0.6 is 11.8 Å². The highest BCUT2D eigenvalue weighted by Crippen LogP contribution is 2.19. The van der Waals surface area contributed by atoms with Gasteiger partial charge in [-0.3, -0.25) is 4.79 Å². The van der Waals surface area contributed by atoms with Crippen molar-refractivity contribution in [2.24, 2.45) is 0 Å². The van der Waals surface area contributed by atoms with Crippen LogP contribution in [0.4, 0.5) is 5.69 Å². The van der Waals surface area contributed by atoms with E-state index in [2.05, 4.69) is 15.3 Å². The molecule has 0 radical (unpaired) electrons. The SMILES string of the molecule is Cc1ccc(C)c(NC(=O)CSc2nc(C)c(C)c(C)n2)c1. The molecule has 0 fully saturated rings. The zero-order valence-electron chi connectivity index (χ0n) is 13.7. The van der Waals surface area contributed by atoms with Crippen LogP contribution in [0.5, 0.6) is 0 Å². The van der Waals surface area contributed by atoms with Crippen molar-refractivity contribution in [1.82, 2.24) is 9.97 Å². The number of carbonyl (C=O) groups is 1. The third-order valence-corrected chi connectivity index (χ3v) is 4.46. The zero-order chi connectivity index (χ0) is 16.3. The van der Waals surface area contributed by atoms with Crippen molar-refractivity contribution in [3.05, 3.63) is 46.3 Å². The number of nitrogens with zero attached hydrogens (tertiary/aromatic N) is 2.